The van der Waals surface area contributed by atoms with E-state index < -0.39 is 16.1 Å². The fourth-order valence-electron chi connectivity index (χ4n) is 4.40. The molecule has 0 spiro atoms. The molecule has 4 rings (SSSR count). The molecule has 0 saturated carbocycles. The van der Waals surface area contributed by atoms with Crippen LogP contribution in [0.3, 0.4) is 0 Å². The highest BCUT2D eigenvalue weighted by Crippen LogP contribution is 2.25. The summed E-state index contributed by atoms with van der Waals surface area (Å²) in [7, 11) is -3.61. The van der Waals surface area contributed by atoms with Crippen LogP contribution >= 0.6 is 0 Å². The Morgan fingerprint density at radius 3 is 2.42 bits per heavy atom. The molecule has 0 unspecified atom stereocenters. The van der Waals surface area contributed by atoms with Crippen molar-refractivity contribution < 1.29 is 22.4 Å². The summed E-state index contributed by atoms with van der Waals surface area (Å²) in [4.78, 5) is 29.4. The molecule has 0 N–H and O–H groups in total. The van der Waals surface area contributed by atoms with Crippen LogP contribution in [0.4, 0.5) is 0 Å². The fraction of sp³-hybridized carbons (Fsp3) is 0.455. The van der Waals surface area contributed by atoms with Gasteiger partial charge < -0.3 is 14.2 Å². The van der Waals surface area contributed by atoms with Crippen molar-refractivity contribution >= 4 is 21.8 Å². The molecule has 2 aliphatic rings. The molecular weight excluding hydrogens is 418 g/mol. The summed E-state index contributed by atoms with van der Waals surface area (Å²) in [6.07, 6.45) is 2.80. The molecule has 1 atom stereocenters. The van der Waals surface area contributed by atoms with Crippen LogP contribution in [0.1, 0.15) is 34.5 Å². The first-order valence-corrected chi connectivity index (χ1v) is 11.9. The van der Waals surface area contributed by atoms with Gasteiger partial charge in [-0.2, -0.15) is 4.31 Å². The molecule has 0 radical (unpaired) electrons. The van der Waals surface area contributed by atoms with E-state index in [9.17, 15) is 18.0 Å². The quantitative estimate of drug-likeness (QED) is 0.718. The first-order valence-electron chi connectivity index (χ1n) is 10.5. The van der Waals surface area contributed by atoms with Crippen LogP contribution in [0.15, 0.2) is 45.9 Å². The number of carbonyl (C=O) groups excluding carboxylic acids is 2. The Labute approximate surface area is 182 Å². The molecule has 2 aliphatic heterocycles. The highest BCUT2D eigenvalue weighted by Gasteiger charge is 2.39. The van der Waals surface area contributed by atoms with Gasteiger partial charge in [0.1, 0.15) is 6.04 Å². The zero-order valence-electron chi connectivity index (χ0n) is 17.8. The van der Waals surface area contributed by atoms with Crippen LogP contribution in [-0.2, 0) is 14.8 Å². The van der Waals surface area contributed by atoms with E-state index in [1.165, 1.54) is 10.6 Å². The Morgan fingerprint density at radius 2 is 1.77 bits per heavy atom. The van der Waals surface area contributed by atoms with Crippen LogP contribution in [0.25, 0.3) is 0 Å². The minimum absolute atomic E-state index is 0.124. The van der Waals surface area contributed by atoms with E-state index in [-0.39, 0.29) is 30.7 Å². The van der Waals surface area contributed by atoms with Gasteiger partial charge in [-0.15, -0.1) is 0 Å². The smallest absolute Gasteiger partial charge is 0.290 e. The van der Waals surface area contributed by atoms with Crippen LogP contribution in [0.5, 0.6) is 0 Å². The number of rotatable bonds is 4. The number of piperazine rings is 1. The lowest BCUT2D eigenvalue weighted by Crippen LogP contribution is -2.55. The maximum absolute atomic E-state index is 13.1. The number of nitrogens with zero attached hydrogens (tertiary/aromatic N) is 3. The molecule has 2 aromatic rings. The molecular formula is C22H27N3O5S. The van der Waals surface area contributed by atoms with Gasteiger partial charge in [-0.3, -0.25) is 9.59 Å². The first kappa shape index (κ1) is 21.6. The van der Waals surface area contributed by atoms with E-state index in [1.807, 2.05) is 13.0 Å². The van der Waals surface area contributed by atoms with Crippen LogP contribution in [0.2, 0.25) is 0 Å². The number of benzene rings is 1. The van der Waals surface area contributed by atoms with Gasteiger partial charge in [0.2, 0.25) is 15.9 Å². The number of likely N-dealkylation sites (tertiary alicyclic amines) is 1. The van der Waals surface area contributed by atoms with E-state index in [1.54, 1.807) is 41.0 Å². The van der Waals surface area contributed by atoms with Crippen molar-refractivity contribution in [1.29, 1.82) is 0 Å². The molecule has 1 aromatic heterocycles. The van der Waals surface area contributed by atoms with Gasteiger partial charge in [-0.1, -0.05) is 17.7 Å². The average molecular weight is 446 g/mol. The molecule has 2 fully saturated rings. The van der Waals surface area contributed by atoms with Gasteiger partial charge in [0.25, 0.3) is 5.91 Å². The third kappa shape index (κ3) is 4.12. The van der Waals surface area contributed by atoms with Crippen LogP contribution in [-0.4, -0.2) is 73.1 Å². The minimum Gasteiger partial charge on any atom is -0.459 e. The van der Waals surface area contributed by atoms with E-state index in [0.29, 0.717) is 31.0 Å². The van der Waals surface area contributed by atoms with Crippen molar-refractivity contribution in [2.24, 2.45) is 0 Å². The number of amides is 2. The van der Waals surface area contributed by atoms with E-state index in [4.69, 9.17) is 4.42 Å². The normalized spacial score (nSPS) is 20.3. The number of carbonyl (C=O) groups is 2. The Kier molecular flexibility index (Phi) is 5.90. The predicted molar refractivity (Wildman–Crippen MR) is 114 cm³/mol. The van der Waals surface area contributed by atoms with Gasteiger partial charge in [0.05, 0.1) is 11.2 Å². The second-order valence-electron chi connectivity index (χ2n) is 8.13. The van der Waals surface area contributed by atoms with Gasteiger partial charge in [-0.05, 0) is 50.5 Å². The van der Waals surface area contributed by atoms with Crippen molar-refractivity contribution in [2.75, 3.05) is 32.7 Å². The Balaban J connectivity index is 1.42. The molecule has 0 bridgehead atoms. The predicted octanol–water partition coefficient (Wildman–Crippen LogP) is 2.03. The van der Waals surface area contributed by atoms with Crippen molar-refractivity contribution in [2.45, 2.75) is 37.6 Å². The summed E-state index contributed by atoms with van der Waals surface area (Å²) in [6.45, 7) is 5.32. The summed E-state index contributed by atoms with van der Waals surface area (Å²) < 4.78 is 32.8. The molecule has 9 heteroatoms. The lowest BCUT2D eigenvalue weighted by molar-refractivity contribution is -0.136. The first-order chi connectivity index (χ1) is 14.8. The number of sulfonamides is 1. The maximum atomic E-state index is 13.1. The molecule has 1 aromatic carbocycles. The van der Waals surface area contributed by atoms with Crippen LogP contribution < -0.4 is 0 Å². The average Bonchev–Trinajstić information content (AvgIpc) is 3.45. The number of furan rings is 1. The van der Waals surface area contributed by atoms with E-state index in [0.717, 1.165) is 17.5 Å². The topological polar surface area (TPSA) is 91.1 Å². The Morgan fingerprint density at radius 1 is 1.03 bits per heavy atom. The third-order valence-corrected chi connectivity index (χ3v) is 8.09. The van der Waals surface area contributed by atoms with Gasteiger partial charge in [0, 0.05) is 32.7 Å². The largest absolute Gasteiger partial charge is 0.459 e. The molecule has 2 amide bonds. The molecule has 3 heterocycles. The second kappa shape index (κ2) is 8.47. The molecule has 8 nitrogen and oxygen atoms in total. The van der Waals surface area contributed by atoms with Gasteiger partial charge in [-0.25, -0.2) is 8.42 Å². The Hall–Kier alpha value is -2.65. The Bertz CT molecular complexity index is 1070. The van der Waals surface area contributed by atoms with Gasteiger partial charge >= 0.3 is 0 Å². The van der Waals surface area contributed by atoms with Crippen LogP contribution in [0, 0.1) is 13.8 Å². The summed E-state index contributed by atoms with van der Waals surface area (Å²) in [5.41, 5.74) is 1.73. The molecule has 0 aliphatic carbocycles. The third-order valence-electron chi connectivity index (χ3n) is 6.03. The maximum Gasteiger partial charge on any atom is 0.290 e. The SMILES string of the molecule is Cc1ccc(S(=O)(=O)N2CCN(C(=O)[C@@H]3CCCN3C(=O)c3ccco3)CC2)c(C)c1. The van der Waals surface area contributed by atoms with E-state index in [2.05, 4.69) is 0 Å². The lowest BCUT2D eigenvalue weighted by atomic mass is 10.1. The van der Waals surface area contributed by atoms with Crippen molar-refractivity contribution in [3.8, 4) is 0 Å². The van der Waals surface area contributed by atoms with Crippen molar-refractivity contribution in [3.05, 3.63) is 53.5 Å². The molecule has 2 saturated heterocycles. The van der Waals surface area contributed by atoms with Crippen molar-refractivity contribution in [1.82, 2.24) is 14.1 Å². The summed E-state index contributed by atoms with van der Waals surface area (Å²) in [6, 6.07) is 8.02. The molecule has 31 heavy (non-hydrogen) atoms. The number of aryl methyl sites for hydroxylation is 2. The van der Waals surface area contributed by atoms with Gasteiger partial charge in [0.15, 0.2) is 5.76 Å². The summed E-state index contributed by atoms with van der Waals surface area (Å²) >= 11 is 0. The fourth-order valence-corrected chi connectivity index (χ4v) is 6.02. The van der Waals surface area contributed by atoms with E-state index >= 15 is 0 Å². The zero-order valence-corrected chi connectivity index (χ0v) is 18.6. The minimum atomic E-state index is -3.61. The summed E-state index contributed by atoms with van der Waals surface area (Å²) in [5, 5.41) is 0. The number of hydrogen-bond acceptors (Lipinski definition) is 5. The number of hydrogen-bond donors (Lipinski definition) is 0. The standard InChI is InChI=1S/C22H27N3O5S/c1-16-7-8-20(17(2)15-16)31(28,29)24-12-10-23(11-13-24)21(26)18-5-3-9-25(18)22(27)19-6-4-14-30-19/h4,6-8,14-15,18H,3,5,9-13H2,1-2H3/t18-/m0/s1. The zero-order chi connectivity index (χ0) is 22.2. The lowest BCUT2D eigenvalue weighted by Gasteiger charge is -2.36. The molecule has 166 valence electrons. The second-order valence-corrected chi connectivity index (χ2v) is 10.0. The van der Waals surface area contributed by atoms with Crippen molar-refractivity contribution in [3.63, 3.8) is 0 Å². The summed E-state index contributed by atoms with van der Waals surface area (Å²) in [5.74, 6) is -0.179. The highest BCUT2D eigenvalue weighted by atomic mass is 32.2. The monoisotopic (exact) mass is 445 g/mol. The highest BCUT2D eigenvalue weighted by molar-refractivity contribution is 7.89.